The second-order valence-corrected chi connectivity index (χ2v) is 6.80. The van der Waals surface area contributed by atoms with Gasteiger partial charge in [-0.05, 0) is 36.9 Å². The van der Waals surface area contributed by atoms with E-state index in [4.69, 9.17) is 4.74 Å². The molecule has 0 saturated carbocycles. The SMILES string of the molecule is CSc1ncccc1C(=O)O[C@@H](C)C(=O)Nc1ccccc1-c1ccccc1. The molecule has 1 heterocycles. The van der Waals surface area contributed by atoms with Gasteiger partial charge in [0.25, 0.3) is 5.91 Å². The molecule has 0 bridgehead atoms. The van der Waals surface area contributed by atoms with Gasteiger partial charge in [0.2, 0.25) is 0 Å². The van der Waals surface area contributed by atoms with Gasteiger partial charge in [0, 0.05) is 17.4 Å². The fourth-order valence-electron chi connectivity index (χ4n) is 2.68. The topological polar surface area (TPSA) is 68.3 Å². The number of carbonyl (C=O) groups is 2. The molecule has 2 aromatic carbocycles. The summed E-state index contributed by atoms with van der Waals surface area (Å²) in [5.41, 5.74) is 2.89. The fraction of sp³-hybridized carbons (Fsp3) is 0.136. The normalized spacial score (nSPS) is 11.5. The number of esters is 1. The summed E-state index contributed by atoms with van der Waals surface area (Å²) in [5.74, 6) is -0.970. The Morgan fingerprint density at radius 1 is 1.00 bits per heavy atom. The van der Waals surface area contributed by atoms with Gasteiger partial charge in [-0.25, -0.2) is 9.78 Å². The Kier molecular flexibility index (Phi) is 6.45. The first-order valence-electron chi connectivity index (χ1n) is 8.75. The fourth-order valence-corrected chi connectivity index (χ4v) is 3.22. The number of thioether (sulfide) groups is 1. The standard InChI is InChI=1S/C22H20N2O3S/c1-15(27-22(26)18-12-8-14-23-21(18)28-2)20(25)24-19-13-7-6-11-17(19)16-9-4-3-5-10-16/h3-15H,1-2H3,(H,24,25)/t15-/m0/s1. The molecule has 3 aromatic rings. The van der Waals surface area contributed by atoms with E-state index in [0.717, 1.165) is 11.1 Å². The maximum atomic E-state index is 12.6. The van der Waals surface area contributed by atoms with E-state index in [1.54, 1.807) is 25.3 Å². The Bertz CT molecular complexity index is 976. The number of amides is 1. The number of benzene rings is 2. The lowest BCUT2D eigenvalue weighted by molar-refractivity contribution is -0.123. The van der Waals surface area contributed by atoms with Gasteiger partial charge in [0.15, 0.2) is 6.10 Å². The van der Waals surface area contributed by atoms with E-state index >= 15 is 0 Å². The van der Waals surface area contributed by atoms with Gasteiger partial charge in [-0.15, -0.1) is 11.8 Å². The van der Waals surface area contributed by atoms with E-state index < -0.39 is 18.0 Å². The number of nitrogens with one attached hydrogen (secondary N) is 1. The second-order valence-electron chi connectivity index (χ2n) is 6.01. The first kappa shape index (κ1) is 19.6. The molecule has 1 atom stereocenters. The van der Waals surface area contributed by atoms with Crippen molar-refractivity contribution in [2.24, 2.45) is 0 Å². The molecule has 0 saturated heterocycles. The minimum absolute atomic E-state index is 0.347. The Morgan fingerprint density at radius 2 is 1.71 bits per heavy atom. The predicted octanol–water partition coefficient (Wildman–Crippen LogP) is 4.65. The Morgan fingerprint density at radius 3 is 2.46 bits per heavy atom. The smallest absolute Gasteiger partial charge is 0.341 e. The van der Waals surface area contributed by atoms with Gasteiger partial charge in [-0.2, -0.15) is 0 Å². The maximum Gasteiger partial charge on any atom is 0.341 e. The van der Waals surface area contributed by atoms with Crippen molar-refractivity contribution >= 4 is 29.3 Å². The zero-order chi connectivity index (χ0) is 19.9. The molecule has 1 aromatic heterocycles. The predicted molar refractivity (Wildman–Crippen MR) is 111 cm³/mol. The second kappa shape index (κ2) is 9.19. The first-order valence-corrected chi connectivity index (χ1v) is 9.98. The lowest BCUT2D eigenvalue weighted by atomic mass is 10.0. The van der Waals surface area contributed by atoms with Crippen LogP contribution in [0, 0.1) is 0 Å². The lowest BCUT2D eigenvalue weighted by Crippen LogP contribution is -2.30. The van der Waals surface area contributed by atoms with Gasteiger partial charge < -0.3 is 10.1 Å². The van der Waals surface area contributed by atoms with Crippen LogP contribution in [0.2, 0.25) is 0 Å². The highest BCUT2D eigenvalue weighted by Gasteiger charge is 2.22. The number of ether oxygens (including phenoxy) is 1. The quantitative estimate of drug-likeness (QED) is 0.488. The third-order valence-electron chi connectivity index (χ3n) is 4.11. The van der Waals surface area contributed by atoms with Crippen molar-refractivity contribution in [1.82, 2.24) is 4.98 Å². The molecular weight excluding hydrogens is 372 g/mol. The number of nitrogens with zero attached hydrogens (tertiary/aromatic N) is 1. The molecule has 0 unspecified atom stereocenters. The lowest BCUT2D eigenvalue weighted by Gasteiger charge is -2.16. The van der Waals surface area contributed by atoms with Crippen LogP contribution in [0.15, 0.2) is 78.0 Å². The summed E-state index contributed by atoms with van der Waals surface area (Å²) in [7, 11) is 0. The average Bonchev–Trinajstić information content (AvgIpc) is 2.74. The third kappa shape index (κ3) is 4.58. The molecule has 0 fully saturated rings. The summed E-state index contributed by atoms with van der Waals surface area (Å²) >= 11 is 1.35. The maximum absolute atomic E-state index is 12.6. The number of rotatable bonds is 6. The summed E-state index contributed by atoms with van der Waals surface area (Å²) in [6.45, 7) is 1.55. The summed E-state index contributed by atoms with van der Waals surface area (Å²) < 4.78 is 5.35. The van der Waals surface area contributed by atoms with Crippen LogP contribution in [0.25, 0.3) is 11.1 Å². The van der Waals surface area contributed by atoms with Gasteiger partial charge in [-0.1, -0.05) is 48.5 Å². The van der Waals surface area contributed by atoms with Crippen LogP contribution in [0.3, 0.4) is 0 Å². The number of hydrogen-bond acceptors (Lipinski definition) is 5. The summed E-state index contributed by atoms with van der Waals surface area (Å²) in [6, 6.07) is 20.6. The number of hydrogen-bond donors (Lipinski definition) is 1. The molecule has 28 heavy (non-hydrogen) atoms. The molecule has 0 spiro atoms. The largest absolute Gasteiger partial charge is 0.449 e. The molecule has 0 radical (unpaired) electrons. The molecule has 1 amide bonds. The monoisotopic (exact) mass is 392 g/mol. The molecule has 0 aliphatic carbocycles. The number of aromatic nitrogens is 1. The number of anilines is 1. The van der Waals surface area contributed by atoms with Crippen molar-refractivity contribution in [3.63, 3.8) is 0 Å². The minimum atomic E-state index is -0.953. The van der Waals surface area contributed by atoms with Crippen LogP contribution in [0.1, 0.15) is 17.3 Å². The van der Waals surface area contributed by atoms with Crippen LogP contribution in [-0.2, 0) is 9.53 Å². The van der Waals surface area contributed by atoms with Crippen LogP contribution in [0.5, 0.6) is 0 Å². The molecule has 0 aliphatic rings. The van der Waals surface area contributed by atoms with Crippen molar-refractivity contribution in [2.75, 3.05) is 11.6 Å². The van der Waals surface area contributed by atoms with Crippen molar-refractivity contribution < 1.29 is 14.3 Å². The van der Waals surface area contributed by atoms with E-state index in [1.165, 1.54) is 11.8 Å². The van der Waals surface area contributed by atoms with E-state index in [2.05, 4.69) is 10.3 Å². The van der Waals surface area contributed by atoms with Crippen LogP contribution >= 0.6 is 11.8 Å². The zero-order valence-electron chi connectivity index (χ0n) is 15.6. The average molecular weight is 392 g/mol. The van der Waals surface area contributed by atoms with Crippen molar-refractivity contribution in [3.8, 4) is 11.1 Å². The van der Waals surface area contributed by atoms with E-state index in [0.29, 0.717) is 16.3 Å². The van der Waals surface area contributed by atoms with E-state index in [-0.39, 0.29) is 0 Å². The number of carbonyl (C=O) groups excluding carboxylic acids is 2. The van der Waals surface area contributed by atoms with Gasteiger partial charge in [-0.3, -0.25) is 4.79 Å². The van der Waals surface area contributed by atoms with Crippen LogP contribution in [0.4, 0.5) is 5.69 Å². The molecule has 3 rings (SSSR count). The van der Waals surface area contributed by atoms with Crippen LogP contribution in [-0.4, -0.2) is 29.2 Å². The Labute approximate surface area is 168 Å². The molecule has 6 heteroatoms. The van der Waals surface area contributed by atoms with Crippen molar-refractivity contribution in [1.29, 1.82) is 0 Å². The van der Waals surface area contributed by atoms with Crippen molar-refractivity contribution in [3.05, 3.63) is 78.5 Å². The minimum Gasteiger partial charge on any atom is -0.449 e. The molecule has 142 valence electrons. The van der Waals surface area contributed by atoms with Gasteiger partial charge in [0.05, 0.1) is 5.56 Å². The molecule has 5 nitrogen and oxygen atoms in total. The van der Waals surface area contributed by atoms with E-state index in [9.17, 15) is 9.59 Å². The van der Waals surface area contributed by atoms with Gasteiger partial charge in [0.1, 0.15) is 5.03 Å². The third-order valence-corrected chi connectivity index (χ3v) is 4.82. The van der Waals surface area contributed by atoms with Gasteiger partial charge >= 0.3 is 5.97 Å². The molecular formula is C22H20N2O3S. The highest BCUT2D eigenvalue weighted by atomic mass is 32.2. The summed E-state index contributed by atoms with van der Waals surface area (Å²) in [6.07, 6.45) is 2.49. The highest BCUT2D eigenvalue weighted by Crippen LogP contribution is 2.27. The zero-order valence-corrected chi connectivity index (χ0v) is 16.4. The number of para-hydroxylation sites is 1. The first-order chi connectivity index (χ1) is 13.6. The van der Waals surface area contributed by atoms with Crippen molar-refractivity contribution in [2.45, 2.75) is 18.1 Å². The summed E-state index contributed by atoms with van der Waals surface area (Å²) in [4.78, 5) is 29.2. The molecule has 1 N–H and O–H groups in total. The summed E-state index contributed by atoms with van der Waals surface area (Å²) in [5, 5.41) is 3.42. The Hall–Kier alpha value is -3.12. The van der Waals surface area contributed by atoms with E-state index in [1.807, 2.05) is 60.9 Å². The highest BCUT2D eigenvalue weighted by molar-refractivity contribution is 7.98. The molecule has 0 aliphatic heterocycles. The van der Waals surface area contributed by atoms with Crippen LogP contribution < -0.4 is 5.32 Å². The Balaban J connectivity index is 1.73. The number of pyridine rings is 1.